The van der Waals surface area contributed by atoms with Crippen molar-refractivity contribution in [1.82, 2.24) is 4.98 Å². The fourth-order valence-electron chi connectivity index (χ4n) is 2.77. The molecule has 4 rings (SSSR count). The fraction of sp³-hybridized carbons (Fsp3) is 0.125. The predicted molar refractivity (Wildman–Crippen MR) is 74.8 cm³/mol. The van der Waals surface area contributed by atoms with Gasteiger partial charge in [0, 0.05) is 23.3 Å². The quantitative estimate of drug-likeness (QED) is 0.657. The number of anilines is 1. The predicted octanol–water partition coefficient (Wildman–Crippen LogP) is 3.88. The molecule has 0 saturated carbocycles. The van der Waals surface area contributed by atoms with Crippen LogP contribution in [0.5, 0.6) is 0 Å². The van der Waals surface area contributed by atoms with Gasteiger partial charge in [0.15, 0.2) is 0 Å². The third-order valence-electron chi connectivity index (χ3n) is 3.70. The van der Waals surface area contributed by atoms with Crippen molar-refractivity contribution in [2.75, 3.05) is 5.32 Å². The highest BCUT2D eigenvalue weighted by Crippen LogP contribution is 2.34. The van der Waals surface area contributed by atoms with E-state index >= 15 is 0 Å². The van der Waals surface area contributed by atoms with E-state index in [1.54, 1.807) is 0 Å². The fourth-order valence-corrected chi connectivity index (χ4v) is 2.77. The first kappa shape index (κ1) is 9.77. The maximum absolute atomic E-state index is 3.58. The molecular formula is C16H14N2. The normalized spacial score (nSPS) is 17.7. The summed E-state index contributed by atoms with van der Waals surface area (Å²) in [6.45, 7) is 0. The Balaban J connectivity index is 1.73. The van der Waals surface area contributed by atoms with Crippen LogP contribution in [0.15, 0.2) is 54.6 Å². The monoisotopic (exact) mass is 234 g/mol. The number of fused-ring (bicyclic) bond motifs is 2. The minimum absolute atomic E-state index is 0.370. The second-order valence-electron chi connectivity index (χ2n) is 4.87. The van der Waals surface area contributed by atoms with E-state index in [0.29, 0.717) is 6.04 Å². The summed E-state index contributed by atoms with van der Waals surface area (Å²) in [5.41, 5.74) is 5.15. The second kappa shape index (κ2) is 3.64. The number of rotatable bonds is 1. The number of para-hydroxylation sites is 2. The molecule has 2 nitrogen and oxygen atoms in total. The Morgan fingerprint density at radius 2 is 1.78 bits per heavy atom. The van der Waals surface area contributed by atoms with Crippen LogP contribution in [0, 0.1) is 0 Å². The van der Waals surface area contributed by atoms with Crippen LogP contribution in [0.25, 0.3) is 10.9 Å². The van der Waals surface area contributed by atoms with Gasteiger partial charge in [-0.1, -0.05) is 36.4 Å². The SMILES string of the molecule is c1ccc2c(c1)CC(c1cc3ccccc3[nH]1)N2. The Labute approximate surface area is 106 Å². The maximum atomic E-state index is 3.58. The van der Waals surface area contributed by atoms with Gasteiger partial charge in [-0.05, 0) is 29.1 Å². The summed E-state index contributed by atoms with van der Waals surface area (Å²) in [7, 11) is 0. The molecule has 3 aromatic rings. The Morgan fingerprint density at radius 1 is 0.944 bits per heavy atom. The van der Waals surface area contributed by atoms with Crippen LogP contribution in [-0.2, 0) is 6.42 Å². The summed E-state index contributed by atoms with van der Waals surface area (Å²) >= 11 is 0. The Kier molecular flexibility index (Phi) is 1.97. The number of aromatic nitrogens is 1. The van der Waals surface area contributed by atoms with Gasteiger partial charge in [-0.2, -0.15) is 0 Å². The van der Waals surface area contributed by atoms with Crippen molar-refractivity contribution in [2.24, 2.45) is 0 Å². The summed E-state index contributed by atoms with van der Waals surface area (Å²) in [5.74, 6) is 0. The lowest BCUT2D eigenvalue weighted by Gasteiger charge is -2.08. The van der Waals surface area contributed by atoms with Gasteiger partial charge in [-0.25, -0.2) is 0 Å². The number of aromatic amines is 1. The molecule has 1 atom stereocenters. The lowest BCUT2D eigenvalue weighted by atomic mass is 10.1. The first-order valence-corrected chi connectivity index (χ1v) is 6.32. The zero-order chi connectivity index (χ0) is 11.9. The van der Waals surface area contributed by atoms with Gasteiger partial charge in [0.2, 0.25) is 0 Å². The van der Waals surface area contributed by atoms with Crippen molar-refractivity contribution < 1.29 is 0 Å². The number of benzene rings is 2. The summed E-state index contributed by atoms with van der Waals surface area (Å²) in [6.07, 6.45) is 1.06. The molecule has 0 aliphatic carbocycles. The van der Waals surface area contributed by atoms with E-state index in [1.165, 1.54) is 27.8 Å². The summed E-state index contributed by atoms with van der Waals surface area (Å²) in [6, 6.07) is 19.6. The molecule has 1 unspecified atom stereocenters. The zero-order valence-electron chi connectivity index (χ0n) is 9.98. The third kappa shape index (κ3) is 1.42. The van der Waals surface area contributed by atoms with Crippen LogP contribution in [0.1, 0.15) is 17.3 Å². The topological polar surface area (TPSA) is 27.8 Å². The van der Waals surface area contributed by atoms with Crippen molar-refractivity contribution in [3.05, 3.63) is 65.9 Å². The molecule has 1 aliphatic rings. The van der Waals surface area contributed by atoms with E-state index in [1.807, 2.05) is 0 Å². The number of H-pyrrole nitrogens is 1. The summed E-state index contributed by atoms with van der Waals surface area (Å²) in [4.78, 5) is 3.51. The molecule has 2 heterocycles. The maximum Gasteiger partial charge on any atom is 0.0704 e. The van der Waals surface area contributed by atoms with E-state index in [-0.39, 0.29) is 0 Å². The minimum atomic E-state index is 0.370. The lowest BCUT2D eigenvalue weighted by Crippen LogP contribution is -2.05. The molecular weight excluding hydrogens is 220 g/mol. The van der Waals surface area contributed by atoms with Crippen LogP contribution >= 0.6 is 0 Å². The molecule has 2 N–H and O–H groups in total. The van der Waals surface area contributed by atoms with Crippen LogP contribution in [-0.4, -0.2) is 4.98 Å². The second-order valence-corrected chi connectivity index (χ2v) is 4.87. The Bertz CT molecular complexity index is 654. The average Bonchev–Trinajstić information content (AvgIpc) is 3.02. The highest BCUT2D eigenvalue weighted by atomic mass is 15.0. The van der Waals surface area contributed by atoms with Crippen LogP contribution < -0.4 is 5.32 Å². The highest BCUT2D eigenvalue weighted by Gasteiger charge is 2.22. The van der Waals surface area contributed by atoms with Gasteiger partial charge < -0.3 is 10.3 Å². The number of hydrogen-bond donors (Lipinski definition) is 2. The first-order valence-electron chi connectivity index (χ1n) is 6.32. The van der Waals surface area contributed by atoms with Gasteiger partial charge in [0.05, 0.1) is 6.04 Å². The molecule has 0 saturated heterocycles. The molecule has 1 aliphatic heterocycles. The molecule has 88 valence electrons. The molecule has 0 fully saturated rings. The van der Waals surface area contributed by atoms with Gasteiger partial charge in [-0.3, -0.25) is 0 Å². The molecule has 0 bridgehead atoms. The number of hydrogen-bond acceptors (Lipinski definition) is 1. The van der Waals surface area contributed by atoms with E-state index < -0.39 is 0 Å². The van der Waals surface area contributed by atoms with E-state index in [0.717, 1.165) is 6.42 Å². The summed E-state index contributed by atoms with van der Waals surface area (Å²) < 4.78 is 0. The zero-order valence-corrected chi connectivity index (χ0v) is 9.98. The van der Waals surface area contributed by atoms with E-state index in [4.69, 9.17) is 0 Å². The smallest absolute Gasteiger partial charge is 0.0704 e. The highest BCUT2D eigenvalue weighted by molar-refractivity contribution is 5.80. The standard InChI is InChI=1S/C16H14N2/c1-3-7-13-11(5-1)9-15(17-13)16-10-12-6-2-4-8-14(12)18-16/h1-9,16-18H,10H2. The van der Waals surface area contributed by atoms with Gasteiger partial charge in [0.1, 0.15) is 0 Å². The van der Waals surface area contributed by atoms with Crippen molar-refractivity contribution in [3.63, 3.8) is 0 Å². The minimum Gasteiger partial charge on any atom is -0.376 e. The lowest BCUT2D eigenvalue weighted by molar-refractivity contribution is 0.799. The largest absolute Gasteiger partial charge is 0.376 e. The van der Waals surface area contributed by atoms with Gasteiger partial charge >= 0.3 is 0 Å². The average molecular weight is 234 g/mol. The van der Waals surface area contributed by atoms with Crippen LogP contribution in [0.2, 0.25) is 0 Å². The molecule has 18 heavy (non-hydrogen) atoms. The molecule has 2 heteroatoms. The van der Waals surface area contributed by atoms with Crippen LogP contribution in [0.4, 0.5) is 5.69 Å². The van der Waals surface area contributed by atoms with Crippen molar-refractivity contribution in [1.29, 1.82) is 0 Å². The third-order valence-corrected chi connectivity index (χ3v) is 3.70. The van der Waals surface area contributed by atoms with E-state index in [2.05, 4.69) is 64.9 Å². The molecule has 0 spiro atoms. The molecule has 0 radical (unpaired) electrons. The molecule has 2 aromatic carbocycles. The molecule has 0 amide bonds. The van der Waals surface area contributed by atoms with Gasteiger partial charge in [0.25, 0.3) is 0 Å². The Hall–Kier alpha value is -2.22. The summed E-state index contributed by atoms with van der Waals surface area (Å²) in [5, 5.41) is 4.86. The first-order chi connectivity index (χ1) is 8.90. The number of nitrogens with one attached hydrogen (secondary N) is 2. The Morgan fingerprint density at radius 3 is 2.67 bits per heavy atom. The van der Waals surface area contributed by atoms with Crippen molar-refractivity contribution in [2.45, 2.75) is 12.5 Å². The van der Waals surface area contributed by atoms with Crippen molar-refractivity contribution in [3.8, 4) is 0 Å². The van der Waals surface area contributed by atoms with Gasteiger partial charge in [-0.15, -0.1) is 0 Å². The van der Waals surface area contributed by atoms with Crippen LogP contribution in [0.3, 0.4) is 0 Å². The van der Waals surface area contributed by atoms with E-state index in [9.17, 15) is 0 Å². The van der Waals surface area contributed by atoms with Crippen molar-refractivity contribution >= 4 is 16.6 Å². The molecule has 1 aromatic heterocycles.